The molecule has 0 unspecified atom stereocenters. The number of nitrogens with one attached hydrogen (secondary N) is 2. The average molecular weight is 995 g/mol. The summed E-state index contributed by atoms with van der Waals surface area (Å²) in [5.74, 6) is -2.69. The van der Waals surface area contributed by atoms with E-state index in [2.05, 4.69) is 67.1 Å². The molecule has 0 aliphatic rings. The lowest BCUT2D eigenvalue weighted by Crippen LogP contribution is -2.44. The van der Waals surface area contributed by atoms with E-state index in [1.807, 2.05) is 0 Å². The second-order valence-corrected chi connectivity index (χ2v) is 15.8. The van der Waals surface area contributed by atoms with Crippen molar-refractivity contribution in [2.24, 2.45) is 5.41 Å². The van der Waals surface area contributed by atoms with Crippen LogP contribution in [0.4, 0.5) is 0 Å². The largest absolute Gasteiger partial charge is 0.465 e. The molecule has 66 heavy (non-hydrogen) atoms. The number of rotatable bonds is 25. The zero-order valence-electron chi connectivity index (χ0n) is 35.6. The van der Waals surface area contributed by atoms with Crippen LogP contribution in [0.1, 0.15) is 32.1 Å². The number of nitrogens with zero attached hydrogens (tertiary/aromatic N) is 2. The highest BCUT2D eigenvalue weighted by Crippen LogP contribution is 2.22. The second kappa shape index (κ2) is 28.3. The highest BCUT2D eigenvalue weighted by atomic mass is 32.1. The first-order valence-corrected chi connectivity index (χ1v) is 22.6. The number of para-hydroxylation sites is 2. The van der Waals surface area contributed by atoms with Gasteiger partial charge >= 0.3 is 47.2 Å². The molecule has 0 fully saturated rings. The predicted octanol–water partition coefficient (Wildman–Crippen LogP) is 1.85. The molecule has 0 amide bonds. The maximum atomic E-state index is 12.5. The minimum atomic E-state index is -1.25. The summed E-state index contributed by atoms with van der Waals surface area (Å²) < 4.78 is 32.7. The van der Waals surface area contributed by atoms with Crippen molar-refractivity contribution in [3.8, 4) is 0 Å². The van der Waals surface area contributed by atoms with Gasteiger partial charge in [-0.05, 0) is 24.3 Å². The first-order chi connectivity index (χ1) is 31.6. The Morgan fingerprint density at radius 2 is 0.864 bits per heavy atom. The zero-order valence-corrected chi connectivity index (χ0v) is 39.1. The van der Waals surface area contributed by atoms with Crippen LogP contribution in [0, 0.1) is 5.41 Å². The Kier molecular flexibility index (Phi) is 23.5. The Morgan fingerprint density at radius 3 is 1.23 bits per heavy atom. The summed E-state index contributed by atoms with van der Waals surface area (Å²) in [4.78, 5) is 126. The molecular formula is C42H50N4O16S4. The molecule has 20 nitrogen and oxygen atoms in total. The van der Waals surface area contributed by atoms with Gasteiger partial charge in [0.15, 0.2) is 0 Å². The van der Waals surface area contributed by atoms with Crippen molar-refractivity contribution >= 4 is 108 Å². The van der Waals surface area contributed by atoms with Crippen molar-refractivity contribution in [3.63, 3.8) is 0 Å². The normalized spacial score (nSPS) is 10.9. The fourth-order valence-corrected chi connectivity index (χ4v) is 6.25. The van der Waals surface area contributed by atoms with E-state index < -0.39 is 70.1 Å². The van der Waals surface area contributed by atoms with Crippen LogP contribution in [-0.2, 0) is 70.3 Å². The van der Waals surface area contributed by atoms with E-state index in [4.69, 9.17) is 28.4 Å². The molecule has 0 saturated carbocycles. The molecule has 2 aromatic carbocycles. The van der Waals surface area contributed by atoms with Gasteiger partial charge in [0.2, 0.25) is 0 Å². The molecule has 0 aliphatic heterocycles. The van der Waals surface area contributed by atoms with Gasteiger partial charge < -0.3 is 38.4 Å². The molecule has 4 aromatic rings. The third kappa shape index (κ3) is 17.6. The number of thiol groups is 4. The standard InChI is InChI=1S/C25H22N4O8.C17H28O8S4/c1-15(23(33)37-13-11-29-22(32)17-7-3-5-9-19(17)27-25(29)35)14-20(30)36-12-10-28-21(31)16-6-2-4-8-18(16)26-24(28)34;18-13(1-5-26)22-9-17(10-23-14(19)2-6-27,11-24-15(20)3-7-28)12-25-16(21)4-8-29/h2-9H,1,10-14H2,(H,26,34)(H,27,35);26-29H,1-12H2. The van der Waals surface area contributed by atoms with Crippen molar-refractivity contribution in [3.05, 3.63) is 102 Å². The number of hydrogen-bond donors (Lipinski definition) is 6. The van der Waals surface area contributed by atoms with Gasteiger partial charge in [-0.25, -0.2) is 14.4 Å². The molecular weight excluding hydrogens is 945 g/mol. The van der Waals surface area contributed by atoms with Crippen molar-refractivity contribution in [1.82, 2.24) is 19.1 Å². The molecule has 4 rings (SSSR count). The molecule has 0 saturated heterocycles. The minimum Gasteiger partial charge on any atom is -0.465 e. The minimum absolute atomic E-state index is 0.0670. The lowest BCUT2D eigenvalue weighted by Gasteiger charge is -2.31. The van der Waals surface area contributed by atoms with Gasteiger partial charge in [0.25, 0.3) is 11.1 Å². The number of H-pyrrole nitrogens is 2. The molecule has 358 valence electrons. The maximum Gasteiger partial charge on any atom is 0.334 e. The highest BCUT2D eigenvalue weighted by Gasteiger charge is 2.38. The van der Waals surface area contributed by atoms with E-state index in [1.54, 1.807) is 48.5 Å². The summed E-state index contributed by atoms with van der Waals surface area (Å²) in [6.07, 6.45) is -0.220. The van der Waals surface area contributed by atoms with Crippen molar-refractivity contribution in [2.45, 2.75) is 45.2 Å². The van der Waals surface area contributed by atoms with Gasteiger partial charge in [-0.3, -0.25) is 42.7 Å². The van der Waals surface area contributed by atoms with Crippen molar-refractivity contribution in [1.29, 1.82) is 0 Å². The van der Waals surface area contributed by atoms with Gasteiger partial charge in [0.05, 0.1) is 67.0 Å². The number of benzene rings is 2. The Labute approximate surface area is 398 Å². The summed E-state index contributed by atoms with van der Waals surface area (Å²) in [6, 6.07) is 13.0. The van der Waals surface area contributed by atoms with Crippen LogP contribution in [0.5, 0.6) is 0 Å². The topological polar surface area (TPSA) is 268 Å². The number of carbonyl (C=O) groups excluding carboxylic acids is 6. The molecule has 0 spiro atoms. The quantitative estimate of drug-likeness (QED) is 0.0240. The van der Waals surface area contributed by atoms with Crippen LogP contribution in [0.25, 0.3) is 21.8 Å². The molecule has 0 radical (unpaired) electrons. The SMILES string of the molecule is C=C(CC(=O)OCCn1c(=O)[nH]c2ccccc2c1=O)C(=O)OCCn1c(=O)[nH]c2ccccc2c1=O.O=C(CCS)OCC(COC(=O)CCS)(COC(=O)CCS)COC(=O)CCS. The van der Waals surface area contributed by atoms with Crippen LogP contribution in [-0.4, -0.2) is 118 Å². The smallest absolute Gasteiger partial charge is 0.334 e. The van der Waals surface area contributed by atoms with Gasteiger partial charge in [0.1, 0.15) is 45.1 Å². The van der Waals surface area contributed by atoms with E-state index in [9.17, 15) is 47.9 Å². The molecule has 0 bridgehead atoms. The van der Waals surface area contributed by atoms with Crippen LogP contribution in [0.15, 0.2) is 79.9 Å². The first-order valence-electron chi connectivity index (χ1n) is 20.1. The Bertz CT molecular complexity index is 2500. The van der Waals surface area contributed by atoms with Crippen LogP contribution < -0.4 is 22.5 Å². The second-order valence-electron chi connectivity index (χ2n) is 14.0. The summed E-state index contributed by atoms with van der Waals surface area (Å²) in [7, 11) is 0. The number of hydrogen-bond acceptors (Lipinski definition) is 20. The van der Waals surface area contributed by atoms with Crippen LogP contribution in [0.3, 0.4) is 0 Å². The Morgan fingerprint density at radius 1 is 0.515 bits per heavy atom. The number of carbonyl (C=O) groups is 6. The third-order valence-electron chi connectivity index (χ3n) is 8.97. The molecule has 2 heterocycles. The number of aromatic amines is 2. The number of esters is 6. The van der Waals surface area contributed by atoms with Gasteiger partial charge in [-0.1, -0.05) is 30.8 Å². The summed E-state index contributed by atoms with van der Waals surface area (Å²) in [6.45, 7) is 1.41. The molecule has 2 aromatic heterocycles. The van der Waals surface area contributed by atoms with E-state index in [0.717, 1.165) is 9.13 Å². The lowest BCUT2D eigenvalue weighted by molar-refractivity contribution is -0.170. The first kappa shape index (κ1) is 54.6. The van der Waals surface area contributed by atoms with E-state index in [1.165, 1.54) is 0 Å². The van der Waals surface area contributed by atoms with Gasteiger partial charge in [0, 0.05) is 28.6 Å². The summed E-state index contributed by atoms with van der Waals surface area (Å²) >= 11 is 15.9. The third-order valence-corrected chi connectivity index (χ3v) is 9.87. The molecule has 0 aliphatic carbocycles. The molecule has 24 heteroatoms. The number of aromatic nitrogens is 4. The lowest BCUT2D eigenvalue weighted by atomic mass is 9.92. The van der Waals surface area contributed by atoms with Gasteiger partial charge in [-0.2, -0.15) is 50.5 Å². The molecule has 0 atom stereocenters. The zero-order chi connectivity index (χ0) is 48.6. The fourth-order valence-electron chi connectivity index (χ4n) is 5.52. The summed E-state index contributed by atoms with van der Waals surface area (Å²) in [5.41, 5.74) is -3.00. The van der Waals surface area contributed by atoms with Crippen LogP contribution >= 0.6 is 50.5 Å². The highest BCUT2D eigenvalue weighted by molar-refractivity contribution is 7.80. The van der Waals surface area contributed by atoms with E-state index in [-0.39, 0.29) is 107 Å². The number of ether oxygens (including phenoxy) is 6. The predicted molar refractivity (Wildman–Crippen MR) is 253 cm³/mol. The maximum absolute atomic E-state index is 12.5. The Hall–Kier alpha value is -5.72. The van der Waals surface area contributed by atoms with Crippen molar-refractivity contribution < 1.29 is 57.2 Å². The molecule has 2 N–H and O–H groups in total. The fraction of sp³-hybridized carbons (Fsp3) is 0.429. The number of fused-ring (bicyclic) bond motifs is 2. The van der Waals surface area contributed by atoms with Gasteiger partial charge in [-0.15, -0.1) is 0 Å². The van der Waals surface area contributed by atoms with Crippen molar-refractivity contribution in [2.75, 3.05) is 62.7 Å². The Balaban J connectivity index is 0.000000363. The van der Waals surface area contributed by atoms with Crippen LogP contribution in [0.2, 0.25) is 0 Å². The monoisotopic (exact) mass is 994 g/mol. The van der Waals surface area contributed by atoms with E-state index in [0.29, 0.717) is 21.8 Å². The van der Waals surface area contributed by atoms with E-state index >= 15 is 0 Å². The summed E-state index contributed by atoms with van der Waals surface area (Å²) in [5, 5.41) is 0.631. The average Bonchev–Trinajstić information content (AvgIpc) is 3.28.